The topological polar surface area (TPSA) is 66.3 Å². The Hall–Kier alpha value is -3.29. The van der Waals surface area contributed by atoms with E-state index in [1.54, 1.807) is 0 Å². The highest BCUT2D eigenvalue weighted by Gasteiger charge is 2.46. The van der Waals surface area contributed by atoms with Gasteiger partial charge in [0.1, 0.15) is 0 Å². The lowest BCUT2D eigenvalue weighted by atomic mass is 9.82. The van der Waals surface area contributed by atoms with E-state index in [2.05, 4.69) is 74.5 Å². The number of allylic oxidation sites excluding steroid dienone is 2. The number of hydrogen-bond donors (Lipinski definition) is 0. The van der Waals surface area contributed by atoms with Crippen LogP contribution in [-0.2, 0) is 22.3 Å². The minimum absolute atomic E-state index is 0.180. The van der Waals surface area contributed by atoms with Gasteiger partial charge in [-0.15, -0.1) is 4.79 Å². The van der Waals surface area contributed by atoms with Gasteiger partial charge < -0.3 is 9.47 Å². The number of rotatable bonds is 6. The maximum atomic E-state index is 13.7. The first-order valence-electron chi connectivity index (χ1n) is 14.5. The SMILES string of the molecule is CC1=CC(c2cccc(CC3(C)CCOC3)c2)N=[N+]1C(=O)[N+]1=NC(c2cccc(CC3(C)CCOC3)c2)C=C1C. The van der Waals surface area contributed by atoms with Crippen LogP contribution >= 0.6 is 0 Å². The molecule has 0 saturated carbocycles. The summed E-state index contributed by atoms with van der Waals surface area (Å²) in [4.78, 5) is 13.7. The summed E-state index contributed by atoms with van der Waals surface area (Å²) in [6.07, 6.45) is 8.23. The van der Waals surface area contributed by atoms with Gasteiger partial charge in [0, 0.05) is 48.6 Å². The largest absolute Gasteiger partial charge is 0.734 e. The molecule has 0 radical (unpaired) electrons. The van der Waals surface area contributed by atoms with E-state index in [0.29, 0.717) is 0 Å². The maximum absolute atomic E-state index is 13.7. The quantitative estimate of drug-likeness (QED) is 0.361. The first-order valence-corrected chi connectivity index (χ1v) is 14.5. The molecule has 4 heterocycles. The molecule has 2 aromatic rings. The van der Waals surface area contributed by atoms with Gasteiger partial charge in [-0.05, 0) is 69.0 Å². The lowest BCUT2D eigenvalue weighted by molar-refractivity contribution is -0.586. The predicted molar refractivity (Wildman–Crippen MR) is 151 cm³/mol. The van der Waals surface area contributed by atoms with Crippen LogP contribution in [0.2, 0.25) is 0 Å². The van der Waals surface area contributed by atoms with Crippen molar-refractivity contribution in [1.82, 2.24) is 0 Å². The first-order chi connectivity index (χ1) is 19.2. The van der Waals surface area contributed by atoms with Crippen LogP contribution < -0.4 is 0 Å². The highest BCUT2D eigenvalue weighted by atomic mass is 16.5. The molecule has 0 N–H and O–H groups in total. The molecule has 7 nitrogen and oxygen atoms in total. The van der Waals surface area contributed by atoms with Gasteiger partial charge in [0.2, 0.25) is 11.4 Å². The highest BCUT2D eigenvalue weighted by Crippen LogP contribution is 2.36. The fourth-order valence-electron chi connectivity index (χ4n) is 6.37. The van der Waals surface area contributed by atoms with Crippen molar-refractivity contribution in [3.8, 4) is 0 Å². The standard InChI is InChI=1S/C33H40N4O3/c1-23-15-29(27-9-5-7-25(17-27)19-32(3)11-13-39-21-32)34-36(23)31(38)37-24(2)16-30(35-37)28-10-6-8-26(18-28)20-33(4)12-14-40-22-33/h5-10,15-18,29-30H,11-14,19-22H2,1-4H3/q+2. The molecule has 6 rings (SSSR count). The molecule has 4 atom stereocenters. The van der Waals surface area contributed by atoms with Gasteiger partial charge in [0.25, 0.3) is 0 Å². The van der Waals surface area contributed by atoms with Crippen molar-refractivity contribution in [1.29, 1.82) is 0 Å². The van der Waals surface area contributed by atoms with Gasteiger partial charge in [-0.25, -0.2) is 0 Å². The molecule has 2 fully saturated rings. The lowest BCUT2D eigenvalue weighted by Gasteiger charge is -2.21. The predicted octanol–water partition coefficient (Wildman–Crippen LogP) is 7.29. The normalized spacial score (nSPS) is 29.8. The van der Waals surface area contributed by atoms with Gasteiger partial charge in [-0.1, -0.05) is 62.4 Å². The number of amides is 2. The highest BCUT2D eigenvalue weighted by molar-refractivity contribution is 5.57. The van der Waals surface area contributed by atoms with E-state index in [1.807, 2.05) is 13.8 Å². The zero-order chi connectivity index (χ0) is 27.9. The summed E-state index contributed by atoms with van der Waals surface area (Å²) >= 11 is 0. The van der Waals surface area contributed by atoms with E-state index in [0.717, 1.165) is 74.6 Å². The van der Waals surface area contributed by atoms with E-state index in [1.165, 1.54) is 20.5 Å². The third-order valence-corrected chi connectivity index (χ3v) is 8.76. The Morgan fingerprint density at radius 2 is 1.25 bits per heavy atom. The molecule has 4 unspecified atom stereocenters. The van der Waals surface area contributed by atoms with Crippen LogP contribution in [0.3, 0.4) is 0 Å². The number of nitrogens with zero attached hydrogens (tertiary/aromatic N) is 4. The molecule has 2 aromatic carbocycles. The molecule has 4 aliphatic heterocycles. The van der Waals surface area contributed by atoms with Crippen LogP contribution in [0.5, 0.6) is 0 Å². The number of azo groups is 4. The molecule has 2 saturated heterocycles. The lowest BCUT2D eigenvalue weighted by Crippen LogP contribution is -2.25. The van der Waals surface area contributed by atoms with Crippen molar-refractivity contribution in [2.45, 2.75) is 65.5 Å². The Morgan fingerprint density at radius 3 is 1.65 bits per heavy atom. The smallest absolute Gasteiger partial charge is 0.381 e. The average molecular weight is 541 g/mol. The van der Waals surface area contributed by atoms with E-state index in [9.17, 15) is 4.79 Å². The molecule has 0 aromatic heterocycles. The van der Waals surface area contributed by atoms with Crippen molar-refractivity contribution in [2.75, 3.05) is 26.4 Å². The molecular formula is C33H40N4O3+2. The van der Waals surface area contributed by atoms with Gasteiger partial charge in [0.15, 0.2) is 12.1 Å². The van der Waals surface area contributed by atoms with E-state index in [-0.39, 0.29) is 28.9 Å². The monoisotopic (exact) mass is 540 g/mol. The molecule has 0 spiro atoms. The van der Waals surface area contributed by atoms with E-state index in [4.69, 9.17) is 19.7 Å². The Balaban J connectivity index is 1.19. The third-order valence-electron chi connectivity index (χ3n) is 8.76. The van der Waals surface area contributed by atoms with Crippen molar-refractivity contribution in [3.05, 3.63) is 94.3 Å². The van der Waals surface area contributed by atoms with Crippen molar-refractivity contribution >= 4 is 6.03 Å². The minimum atomic E-state index is -0.244. The molecule has 40 heavy (non-hydrogen) atoms. The van der Waals surface area contributed by atoms with Gasteiger partial charge in [0.05, 0.1) is 13.2 Å². The number of carbonyl (C=O) groups is 1. The van der Waals surface area contributed by atoms with Gasteiger partial charge in [-0.2, -0.15) is 0 Å². The number of hydrogen-bond acceptors (Lipinski definition) is 5. The molecule has 208 valence electrons. The zero-order valence-electron chi connectivity index (χ0n) is 24.1. The van der Waals surface area contributed by atoms with Gasteiger partial charge in [-0.3, -0.25) is 0 Å². The van der Waals surface area contributed by atoms with Crippen LogP contribution in [0, 0.1) is 10.8 Å². The second kappa shape index (κ2) is 10.6. The van der Waals surface area contributed by atoms with Crippen molar-refractivity contribution < 1.29 is 23.7 Å². The average Bonchev–Trinajstić information content (AvgIpc) is 3.72. The Kier molecular flexibility index (Phi) is 7.13. The van der Waals surface area contributed by atoms with Crippen LogP contribution in [0.4, 0.5) is 4.79 Å². The molecule has 0 aliphatic carbocycles. The van der Waals surface area contributed by atoms with Crippen LogP contribution in [0.15, 0.2) is 82.3 Å². The third kappa shape index (κ3) is 5.50. The van der Waals surface area contributed by atoms with Crippen molar-refractivity contribution in [2.24, 2.45) is 21.1 Å². The number of benzene rings is 2. The van der Waals surface area contributed by atoms with Crippen LogP contribution in [0.1, 0.15) is 74.9 Å². The fraction of sp³-hybridized carbons (Fsp3) is 0.485. The molecule has 7 heteroatoms. The number of ether oxygens (including phenoxy) is 2. The summed E-state index contributed by atoms with van der Waals surface area (Å²) in [7, 11) is 0. The second-order valence-electron chi connectivity index (χ2n) is 12.7. The summed E-state index contributed by atoms with van der Waals surface area (Å²) in [5.74, 6) is 0. The number of carbonyl (C=O) groups excluding carboxylic acids is 1. The second-order valence-corrected chi connectivity index (χ2v) is 12.7. The fourth-order valence-corrected chi connectivity index (χ4v) is 6.37. The molecule has 4 aliphatic rings. The van der Waals surface area contributed by atoms with E-state index >= 15 is 0 Å². The molecular weight excluding hydrogens is 500 g/mol. The van der Waals surface area contributed by atoms with Gasteiger partial charge >= 0.3 is 6.03 Å². The Morgan fingerprint density at radius 1 is 0.800 bits per heavy atom. The minimum Gasteiger partial charge on any atom is -0.381 e. The van der Waals surface area contributed by atoms with Crippen LogP contribution in [0.25, 0.3) is 0 Å². The zero-order valence-corrected chi connectivity index (χ0v) is 24.1. The summed E-state index contributed by atoms with van der Waals surface area (Å²) in [5, 5.41) is 9.62. The van der Waals surface area contributed by atoms with Crippen molar-refractivity contribution in [3.63, 3.8) is 0 Å². The summed E-state index contributed by atoms with van der Waals surface area (Å²) < 4.78 is 14.3. The summed E-state index contributed by atoms with van der Waals surface area (Å²) in [6.45, 7) is 11.7. The molecule has 2 amide bonds. The summed E-state index contributed by atoms with van der Waals surface area (Å²) in [6, 6.07) is 16.5. The Bertz CT molecular complexity index is 1330. The van der Waals surface area contributed by atoms with Crippen LogP contribution in [-0.4, -0.2) is 41.9 Å². The molecule has 0 bridgehead atoms. The first kappa shape index (κ1) is 26.9. The summed E-state index contributed by atoms with van der Waals surface area (Å²) in [5.41, 5.74) is 6.74. The Labute approximate surface area is 236 Å². The maximum Gasteiger partial charge on any atom is 0.734 e. The number of urea groups is 1. The van der Waals surface area contributed by atoms with E-state index < -0.39 is 0 Å².